The second-order valence-corrected chi connectivity index (χ2v) is 3.53. The molecule has 9 heavy (non-hydrogen) atoms. The van der Waals surface area contributed by atoms with Gasteiger partial charge in [-0.15, -0.1) is 0 Å². The molecule has 2 rings (SSSR count). The summed E-state index contributed by atoms with van der Waals surface area (Å²) in [6.45, 7) is 4.28. The molecule has 0 aromatic heterocycles. The van der Waals surface area contributed by atoms with Crippen LogP contribution in [0, 0.1) is 0 Å². The van der Waals surface area contributed by atoms with E-state index in [1.807, 2.05) is 0 Å². The van der Waals surface area contributed by atoms with Gasteiger partial charge in [-0.3, -0.25) is 4.90 Å². The minimum Gasteiger partial charge on any atom is -0.372 e. The molecular formula is C7H13NO. The van der Waals surface area contributed by atoms with Crippen molar-refractivity contribution in [2.45, 2.75) is 25.0 Å². The van der Waals surface area contributed by atoms with E-state index in [4.69, 9.17) is 4.74 Å². The first-order chi connectivity index (χ1) is 4.20. The van der Waals surface area contributed by atoms with Crippen LogP contribution >= 0.6 is 0 Å². The standard InChI is InChI=1S/C7H13NO/c1-7-3-6(4-9-7)8(2)5-7/h6H,3-5H2,1-2H3/t6-,7-/m1/s1. The number of fused-ring (bicyclic) bond motifs is 2. The SMILES string of the molecule is CN1C[C@@]2(C)C[C@@H]1CO2. The van der Waals surface area contributed by atoms with Gasteiger partial charge in [0.05, 0.1) is 12.2 Å². The first-order valence-electron chi connectivity index (χ1n) is 3.54. The molecule has 52 valence electrons. The molecule has 0 unspecified atom stereocenters. The quantitative estimate of drug-likeness (QED) is 0.469. The van der Waals surface area contributed by atoms with Crippen LogP contribution in [0.25, 0.3) is 0 Å². The van der Waals surface area contributed by atoms with Gasteiger partial charge in [0.25, 0.3) is 0 Å². The summed E-state index contributed by atoms with van der Waals surface area (Å²) in [5.74, 6) is 0. The predicted octanol–water partition coefficient (Wildman–Crippen LogP) is 0.479. The van der Waals surface area contributed by atoms with Gasteiger partial charge in [-0.25, -0.2) is 0 Å². The van der Waals surface area contributed by atoms with Crippen molar-refractivity contribution in [3.05, 3.63) is 0 Å². The maximum atomic E-state index is 5.57. The van der Waals surface area contributed by atoms with Crippen molar-refractivity contribution in [1.82, 2.24) is 4.90 Å². The summed E-state index contributed by atoms with van der Waals surface area (Å²) in [7, 11) is 2.18. The van der Waals surface area contributed by atoms with Crippen molar-refractivity contribution in [1.29, 1.82) is 0 Å². The van der Waals surface area contributed by atoms with Crippen LogP contribution in [-0.2, 0) is 4.74 Å². The number of likely N-dealkylation sites (tertiary alicyclic amines) is 1. The first-order valence-corrected chi connectivity index (χ1v) is 3.54. The lowest BCUT2D eigenvalue weighted by atomic mass is 10.1. The zero-order valence-electron chi connectivity index (χ0n) is 6.05. The molecule has 2 nitrogen and oxygen atoms in total. The second kappa shape index (κ2) is 1.50. The van der Waals surface area contributed by atoms with E-state index in [2.05, 4.69) is 18.9 Å². The van der Waals surface area contributed by atoms with E-state index in [0.717, 1.165) is 19.2 Å². The van der Waals surface area contributed by atoms with Gasteiger partial charge in [-0.05, 0) is 20.4 Å². The molecule has 0 aliphatic carbocycles. The molecule has 0 radical (unpaired) electrons. The summed E-state index contributed by atoms with van der Waals surface area (Å²) in [6.07, 6.45) is 1.24. The Hall–Kier alpha value is -0.0800. The lowest BCUT2D eigenvalue weighted by Crippen LogP contribution is -2.38. The second-order valence-electron chi connectivity index (χ2n) is 3.53. The molecule has 2 fully saturated rings. The Bertz CT molecular complexity index is 133. The smallest absolute Gasteiger partial charge is 0.0797 e. The van der Waals surface area contributed by atoms with Gasteiger partial charge in [0, 0.05) is 12.6 Å². The fourth-order valence-corrected chi connectivity index (χ4v) is 1.96. The Kier molecular flexibility index (Phi) is 0.945. The minimum atomic E-state index is 0.208. The Morgan fingerprint density at radius 2 is 2.44 bits per heavy atom. The predicted molar refractivity (Wildman–Crippen MR) is 35.4 cm³/mol. The third kappa shape index (κ3) is 0.700. The molecule has 0 N–H and O–H groups in total. The van der Waals surface area contributed by atoms with Gasteiger partial charge in [0.15, 0.2) is 0 Å². The summed E-state index contributed by atoms with van der Waals surface area (Å²) >= 11 is 0. The Morgan fingerprint density at radius 1 is 1.67 bits per heavy atom. The highest BCUT2D eigenvalue weighted by Gasteiger charge is 2.45. The average molecular weight is 127 g/mol. The fourth-order valence-electron chi connectivity index (χ4n) is 1.96. The summed E-state index contributed by atoms with van der Waals surface area (Å²) in [4.78, 5) is 2.39. The van der Waals surface area contributed by atoms with Crippen LogP contribution in [0.3, 0.4) is 0 Å². The van der Waals surface area contributed by atoms with E-state index in [0.29, 0.717) is 0 Å². The maximum Gasteiger partial charge on any atom is 0.0797 e. The van der Waals surface area contributed by atoms with Gasteiger partial charge in [0.2, 0.25) is 0 Å². The number of hydrogen-bond donors (Lipinski definition) is 0. The van der Waals surface area contributed by atoms with Crippen LogP contribution < -0.4 is 0 Å². The van der Waals surface area contributed by atoms with Crippen LogP contribution in [0.5, 0.6) is 0 Å². The Labute approximate surface area is 55.8 Å². The summed E-state index contributed by atoms with van der Waals surface area (Å²) in [6, 6.07) is 0.718. The molecule has 0 spiro atoms. The maximum absolute atomic E-state index is 5.57. The van der Waals surface area contributed by atoms with Gasteiger partial charge in [-0.1, -0.05) is 0 Å². The number of morpholine rings is 1. The topological polar surface area (TPSA) is 12.5 Å². The highest BCUT2D eigenvalue weighted by Crippen LogP contribution is 2.35. The average Bonchev–Trinajstić information content (AvgIpc) is 2.20. The molecule has 2 saturated heterocycles. The van der Waals surface area contributed by atoms with Crippen molar-refractivity contribution < 1.29 is 4.74 Å². The van der Waals surface area contributed by atoms with E-state index < -0.39 is 0 Å². The molecule has 2 heterocycles. The van der Waals surface area contributed by atoms with Gasteiger partial charge in [-0.2, -0.15) is 0 Å². The van der Waals surface area contributed by atoms with Crippen LogP contribution in [0.1, 0.15) is 13.3 Å². The third-order valence-corrected chi connectivity index (χ3v) is 2.50. The molecule has 0 saturated carbocycles. The number of hydrogen-bond acceptors (Lipinski definition) is 2. The molecule has 0 aromatic rings. The van der Waals surface area contributed by atoms with Crippen molar-refractivity contribution in [3.8, 4) is 0 Å². The van der Waals surface area contributed by atoms with Gasteiger partial charge >= 0.3 is 0 Å². The highest BCUT2D eigenvalue weighted by atomic mass is 16.5. The van der Waals surface area contributed by atoms with E-state index in [1.54, 1.807) is 0 Å². The molecule has 2 aliphatic rings. The molecular weight excluding hydrogens is 114 g/mol. The van der Waals surface area contributed by atoms with Crippen molar-refractivity contribution in [2.24, 2.45) is 0 Å². The Balaban J connectivity index is 2.19. The van der Waals surface area contributed by atoms with Crippen molar-refractivity contribution >= 4 is 0 Å². The molecule has 2 atom stereocenters. The zero-order valence-corrected chi connectivity index (χ0v) is 6.05. The normalized spacial score (nSPS) is 50.7. The number of nitrogens with zero attached hydrogens (tertiary/aromatic N) is 1. The lowest BCUT2D eigenvalue weighted by molar-refractivity contribution is -0.0256. The van der Waals surface area contributed by atoms with E-state index in [-0.39, 0.29) is 5.60 Å². The first kappa shape index (κ1) is 5.69. The van der Waals surface area contributed by atoms with Crippen LogP contribution in [-0.4, -0.2) is 36.7 Å². The molecule has 2 bridgehead atoms. The minimum absolute atomic E-state index is 0.208. The van der Waals surface area contributed by atoms with E-state index >= 15 is 0 Å². The van der Waals surface area contributed by atoms with Crippen molar-refractivity contribution in [2.75, 3.05) is 20.2 Å². The zero-order chi connectivity index (χ0) is 6.48. The fraction of sp³-hybridized carbons (Fsp3) is 1.00. The third-order valence-electron chi connectivity index (χ3n) is 2.50. The molecule has 0 aromatic carbocycles. The summed E-state index contributed by atoms with van der Waals surface area (Å²) in [5.41, 5.74) is 0.208. The lowest BCUT2D eigenvalue weighted by Gasteiger charge is -2.27. The highest BCUT2D eigenvalue weighted by molar-refractivity contribution is 4.98. The van der Waals surface area contributed by atoms with Crippen LogP contribution in [0.15, 0.2) is 0 Å². The van der Waals surface area contributed by atoms with Crippen molar-refractivity contribution in [3.63, 3.8) is 0 Å². The van der Waals surface area contributed by atoms with Crippen LogP contribution in [0.2, 0.25) is 0 Å². The number of rotatable bonds is 0. The number of ether oxygens (including phenoxy) is 1. The van der Waals surface area contributed by atoms with Crippen LogP contribution in [0.4, 0.5) is 0 Å². The van der Waals surface area contributed by atoms with E-state index in [9.17, 15) is 0 Å². The molecule has 2 aliphatic heterocycles. The molecule has 0 amide bonds. The largest absolute Gasteiger partial charge is 0.372 e. The van der Waals surface area contributed by atoms with Gasteiger partial charge in [0.1, 0.15) is 0 Å². The monoisotopic (exact) mass is 127 g/mol. The molecule has 2 heteroatoms. The summed E-state index contributed by atoms with van der Waals surface area (Å²) in [5, 5.41) is 0. The Morgan fingerprint density at radius 3 is 2.67 bits per heavy atom. The van der Waals surface area contributed by atoms with E-state index in [1.165, 1.54) is 6.42 Å². The van der Waals surface area contributed by atoms with Gasteiger partial charge < -0.3 is 4.74 Å². The number of likely N-dealkylation sites (N-methyl/N-ethyl adjacent to an activating group) is 1. The summed E-state index contributed by atoms with van der Waals surface area (Å²) < 4.78 is 5.57.